The van der Waals surface area contributed by atoms with Crippen molar-refractivity contribution >= 4 is 17.9 Å². The second-order valence-electron chi connectivity index (χ2n) is 6.62. The first-order valence-corrected chi connectivity index (χ1v) is 8.53. The first-order chi connectivity index (χ1) is 11.5. The van der Waals surface area contributed by atoms with Crippen molar-refractivity contribution < 1.29 is 4.79 Å². The Morgan fingerprint density at radius 3 is 2.62 bits per heavy atom. The van der Waals surface area contributed by atoms with E-state index in [0.717, 1.165) is 28.7 Å². The zero-order valence-electron chi connectivity index (χ0n) is 15.0. The van der Waals surface area contributed by atoms with Crippen LogP contribution in [0.5, 0.6) is 0 Å². The van der Waals surface area contributed by atoms with Gasteiger partial charge in [0.05, 0.1) is 0 Å². The van der Waals surface area contributed by atoms with E-state index in [2.05, 4.69) is 51.2 Å². The smallest absolute Gasteiger partial charge is 0.193 e. The lowest BCUT2D eigenvalue weighted by atomic mass is 9.92. The largest absolute Gasteiger partial charge is 0.289 e. The lowest BCUT2D eigenvalue weighted by molar-refractivity contribution is 0.103. The molecule has 0 bridgehead atoms. The van der Waals surface area contributed by atoms with Crippen LogP contribution in [-0.4, -0.2) is 5.78 Å². The van der Waals surface area contributed by atoms with E-state index in [9.17, 15) is 4.79 Å². The van der Waals surface area contributed by atoms with Crippen molar-refractivity contribution in [1.82, 2.24) is 0 Å². The fourth-order valence-electron chi connectivity index (χ4n) is 2.57. The highest BCUT2D eigenvalue weighted by molar-refractivity contribution is 6.11. The van der Waals surface area contributed by atoms with Crippen molar-refractivity contribution in [1.29, 1.82) is 0 Å². The Balaban J connectivity index is 2.38. The molecule has 124 valence electrons. The van der Waals surface area contributed by atoms with Crippen molar-refractivity contribution in [3.63, 3.8) is 0 Å². The molecule has 1 aromatic rings. The van der Waals surface area contributed by atoms with Crippen LogP contribution in [0.15, 0.2) is 66.3 Å². The third kappa shape index (κ3) is 4.55. The predicted molar refractivity (Wildman–Crippen MR) is 105 cm³/mol. The van der Waals surface area contributed by atoms with Crippen molar-refractivity contribution in [3.05, 3.63) is 83.0 Å². The van der Waals surface area contributed by atoms with Gasteiger partial charge in [0.1, 0.15) is 0 Å². The summed E-state index contributed by atoms with van der Waals surface area (Å²) in [5, 5.41) is 0. The molecule has 24 heavy (non-hydrogen) atoms. The number of ketones is 1. The highest BCUT2D eigenvalue weighted by Gasteiger charge is 2.15. The van der Waals surface area contributed by atoms with E-state index in [4.69, 9.17) is 0 Å². The lowest BCUT2D eigenvalue weighted by Crippen LogP contribution is -2.04. The van der Waals surface area contributed by atoms with Crippen molar-refractivity contribution in [2.45, 2.75) is 34.1 Å². The van der Waals surface area contributed by atoms with E-state index in [1.807, 2.05) is 49.4 Å². The van der Waals surface area contributed by atoms with E-state index < -0.39 is 0 Å². The number of rotatable bonds is 5. The van der Waals surface area contributed by atoms with Gasteiger partial charge in [0, 0.05) is 16.6 Å². The molecule has 0 heterocycles. The van der Waals surface area contributed by atoms with Crippen LogP contribution in [0.4, 0.5) is 0 Å². The van der Waals surface area contributed by atoms with Crippen molar-refractivity contribution in [2.75, 3.05) is 0 Å². The first-order valence-electron chi connectivity index (χ1n) is 8.53. The summed E-state index contributed by atoms with van der Waals surface area (Å²) in [5.41, 5.74) is 3.63. The highest BCUT2D eigenvalue weighted by atomic mass is 16.1. The van der Waals surface area contributed by atoms with Gasteiger partial charge < -0.3 is 0 Å². The predicted octanol–water partition coefficient (Wildman–Crippen LogP) is 6.40. The molecule has 0 fully saturated rings. The Labute approximate surface area is 145 Å². The molecule has 0 atom stereocenters. The van der Waals surface area contributed by atoms with Crippen LogP contribution in [0.3, 0.4) is 0 Å². The van der Waals surface area contributed by atoms with Gasteiger partial charge in [0.2, 0.25) is 0 Å². The molecule has 1 nitrogen and oxygen atoms in total. The lowest BCUT2D eigenvalue weighted by Gasteiger charge is -2.12. The molecule has 0 aromatic heterocycles. The van der Waals surface area contributed by atoms with Crippen LogP contribution in [0.2, 0.25) is 0 Å². The van der Waals surface area contributed by atoms with Crippen LogP contribution < -0.4 is 0 Å². The first kappa shape index (κ1) is 17.9. The fraction of sp³-hybridized carbons (Fsp3) is 0.261. The molecule has 2 rings (SSSR count). The van der Waals surface area contributed by atoms with Gasteiger partial charge in [-0.15, -0.1) is 0 Å². The van der Waals surface area contributed by atoms with Gasteiger partial charge in [-0.25, -0.2) is 0 Å². The Morgan fingerprint density at radius 2 is 1.92 bits per heavy atom. The minimum atomic E-state index is -0.0245. The number of hydrogen-bond acceptors (Lipinski definition) is 1. The molecule has 0 saturated carbocycles. The van der Waals surface area contributed by atoms with Crippen LogP contribution in [0, 0.1) is 5.41 Å². The van der Waals surface area contributed by atoms with Crippen molar-refractivity contribution in [2.24, 2.45) is 5.41 Å². The van der Waals surface area contributed by atoms with Gasteiger partial charge in [0.15, 0.2) is 5.78 Å². The normalized spacial score (nSPS) is 16.6. The maximum atomic E-state index is 12.9. The molecular formula is C23H26O. The summed E-state index contributed by atoms with van der Waals surface area (Å²) in [4.78, 5) is 12.9. The molecule has 0 amide bonds. The number of hydrogen-bond donors (Lipinski definition) is 0. The molecule has 0 N–H and O–H groups in total. The Kier molecular flexibility index (Phi) is 5.92. The number of benzene rings is 1. The standard InChI is InChI=1S/C23H26O/c1-5-7-10-20-17-21(13-12-18(20)9-6-2)22(24)19-11-8-15-23(3,4)16-14-19/h6-17H,5H2,1-4H3/b9-6+,10-7-. The topological polar surface area (TPSA) is 17.1 Å². The second kappa shape index (κ2) is 7.92. The van der Waals surface area contributed by atoms with Gasteiger partial charge in [-0.05, 0) is 30.5 Å². The molecule has 0 aliphatic heterocycles. The molecule has 0 radical (unpaired) electrons. The maximum absolute atomic E-state index is 12.9. The average molecular weight is 318 g/mol. The summed E-state index contributed by atoms with van der Waals surface area (Å²) < 4.78 is 0. The minimum Gasteiger partial charge on any atom is -0.289 e. The monoisotopic (exact) mass is 318 g/mol. The molecule has 0 saturated heterocycles. The number of carbonyl (C=O) groups is 1. The van der Waals surface area contributed by atoms with Crippen molar-refractivity contribution in [3.8, 4) is 0 Å². The van der Waals surface area contributed by atoms with E-state index in [-0.39, 0.29) is 11.2 Å². The Bertz CT molecular complexity index is 752. The Morgan fingerprint density at radius 1 is 1.12 bits per heavy atom. The maximum Gasteiger partial charge on any atom is 0.193 e. The quantitative estimate of drug-likeness (QED) is 0.574. The Hall–Kier alpha value is -2.41. The van der Waals surface area contributed by atoms with Gasteiger partial charge in [-0.3, -0.25) is 4.79 Å². The summed E-state index contributed by atoms with van der Waals surface area (Å²) in [6, 6.07) is 5.91. The van der Waals surface area contributed by atoms with Crippen LogP contribution in [0.25, 0.3) is 12.2 Å². The van der Waals surface area contributed by atoms with Gasteiger partial charge in [0.25, 0.3) is 0 Å². The van der Waals surface area contributed by atoms with Crippen LogP contribution in [0.1, 0.15) is 55.6 Å². The van der Waals surface area contributed by atoms with Crippen LogP contribution >= 0.6 is 0 Å². The van der Waals surface area contributed by atoms with E-state index in [1.54, 1.807) is 0 Å². The number of carbonyl (C=O) groups excluding carboxylic acids is 1. The second-order valence-corrected chi connectivity index (χ2v) is 6.62. The summed E-state index contributed by atoms with van der Waals surface area (Å²) in [7, 11) is 0. The van der Waals surface area contributed by atoms with Gasteiger partial charge in [-0.2, -0.15) is 0 Å². The molecule has 1 heteroatoms. The average Bonchev–Trinajstić information content (AvgIpc) is 2.74. The number of Topliss-reactive ketones (excluding diaryl/α,β-unsaturated/α-hetero) is 1. The SMILES string of the molecule is C/C=C/c1ccc(C(=O)C2=CC=CC(C)(C)C=C2)cc1/C=C\CC. The molecule has 0 spiro atoms. The summed E-state index contributed by atoms with van der Waals surface area (Å²) in [6.45, 7) is 8.36. The summed E-state index contributed by atoms with van der Waals surface area (Å²) >= 11 is 0. The summed E-state index contributed by atoms with van der Waals surface area (Å²) in [5.74, 6) is 0.0618. The molecular weight excluding hydrogens is 292 g/mol. The van der Waals surface area contributed by atoms with E-state index in [0.29, 0.717) is 0 Å². The zero-order valence-corrected chi connectivity index (χ0v) is 15.0. The molecule has 1 aliphatic rings. The molecule has 1 aromatic carbocycles. The fourth-order valence-corrected chi connectivity index (χ4v) is 2.57. The van der Waals surface area contributed by atoms with E-state index >= 15 is 0 Å². The number of allylic oxidation sites excluding steroid dienone is 8. The minimum absolute atomic E-state index is 0.0245. The zero-order chi connectivity index (χ0) is 17.6. The van der Waals surface area contributed by atoms with Crippen LogP contribution in [-0.2, 0) is 0 Å². The summed E-state index contributed by atoms with van der Waals surface area (Å²) in [6.07, 6.45) is 19.3. The van der Waals surface area contributed by atoms with Gasteiger partial charge in [-0.1, -0.05) is 87.6 Å². The van der Waals surface area contributed by atoms with E-state index in [1.165, 1.54) is 0 Å². The van der Waals surface area contributed by atoms with Gasteiger partial charge >= 0.3 is 0 Å². The third-order valence-electron chi connectivity index (χ3n) is 3.98. The third-order valence-corrected chi connectivity index (χ3v) is 3.98. The molecule has 0 unspecified atom stereocenters. The molecule has 1 aliphatic carbocycles. The highest BCUT2D eigenvalue weighted by Crippen LogP contribution is 2.25.